The minimum atomic E-state index is 0.263. The molecule has 0 aromatic rings. The quantitative estimate of drug-likeness (QED) is 0.669. The highest BCUT2D eigenvalue weighted by atomic mass is 16.3. The Bertz CT molecular complexity index is 221. The minimum Gasteiger partial charge on any atom is -0.395 e. The number of hydrogen-bond donors (Lipinski definition) is 1. The third kappa shape index (κ3) is 6.76. The number of aliphatic hydroxyl groups is 1. The maximum absolute atomic E-state index is 10.8. The predicted octanol–water partition coefficient (Wildman–Crippen LogP) is 0.746. The molecule has 1 N–H and O–H groups in total. The molecule has 1 aliphatic heterocycles. The van der Waals surface area contributed by atoms with E-state index in [1.807, 2.05) is 0 Å². The van der Waals surface area contributed by atoms with Crippen LogP contribution in [0.15, 0.2) is 0 Å². The Morgan fingerprint density at radius 3 is 2.29 bits per heavy atom. The highest BCUT2D eigenvalue weighted by Crippen LogP contribution is 2.05. The molecule has 4 heteroatoms. The highest BCUT2D eigenvalue weighted by Gasteiger charge is 2.13. The van der Waals surface area contributed by atoms with Crippen LogP contribution in [0.3, 0.4) is 0 Å². The number of rotatable bonds is 7. The molecule has 1 saturated heterocycles. The van der Waals surface area contributed by atoms with Crippen molar-refractivity contribution >= 4 is 5.78 Å². The van der Waals surface area contributed by atoms with Crippen LogP contribution in [-0.4, -0.2) is 66.6 Å². The lowest BCUT2D eigenvalue weighted by Gasteiger charge is -2.21. The van der Waals surface area contributed by atoms with Gasteiger partial charge in [0.1, 0.15) is 5.78 Å². The standard InChI is InChI=1S/C13H26N2O2/c1-13(17)5-2-3-6-14-7-4-8-15(10-9-14)11-12-16/h16H,2-12H2,1H3. The lowest BCUT2D eigenvalue weighted by Crippen LogP contribution is -2.32. The molecular formula is C13H26N2O2. The van der Waals surface area contributed by atoms with Crippen LogP contribution in [0.5, 0.6) is 0 Å². The van der Waals surface area contributed by atoms with E-state index >= 15 is 0 Å². The molecule has 0 saturated carbocycles. The van der Waals surface area contributed by atoms with Gasteiger partial charge < -0.3 is 14.8 Å². The lowest BCUT2D eigenvalue weighted by atomic mass is 10.2. The van der Waals surface area contributed by atoms with Crippen LogP contribution in [0.1, 0.15) is 32.6 Å². The van der Waals surface area contributed by atoms with E-state index in [2.05, 4.69) is 9.80 Å². The molecule has 1 rings (SSSR count). The SMILES string of the molecule is CC(=O)CCCCN1CCCN(CCO)CC1. The van der Waals surface area contributed by atoms with Crippen LogP contribution in [-0.2, 0) is 4.79 Å². The molecule has 0 atom stereocenters. The predicted molar refractivity (Wildman–Crippen MR) is 69.1 cm³/mol. The van der Waals surface area contributed by atoms with Crippen molar-refractivity contribution in [3.05, 3.63) is 0 Å². The average molecular weight is 242 g/mol. The van der Waals surface area contributed by atoms with Crippen molar-refractivity contribution in [3.63, 3.8) is 0 Å². The van der Waals surface area contributed by atoms with E-state index in [4.69, 9.17) is 5.11 Å². The van der Waals surface area contributed by atoms with Crippen molar-refractivity contribution in [1.29, 1.82) is 0 Å². The molecule has 4 nitrogen and oxygen atoms in total. The summed E-state index contributed by atoms with van der Waals surface area (Å²) in [4.78, 5) is 15.6. The summed E-state index contributed by atoms with van der Waals surface area (Å²) in [7, 11) is 0. The fraction of sp³-hybridized carbons (Fsp3) is 0.923. The number of hydrogen-bond acceptors (Lipinski definition) is 4. The smallest absolute Gasteiger partial charge is 0.129 e. The van der Waals surface area contributed by atoms with Crippen molar-refractivity contribution < 1.29 is 9.90 Å². The van der Waals surface area contributed by atoms with E-state index in [0.717, 1.165) is 58.5 Å². The van der Waals surface area contributed by atoms with Crippen LogP contribution in [0.4, 0.5) is 0 Å². The van der Waals surface area contributed by atoms with Crippen molar-refractivity contribution in [2.24, 2.45) is 0 Å². The van der Waals surface area contributed by atoms with Crippen molar-refractivity contribution in [3.8, 4) is 0 Å². The Morgan fingerprint density at radius 2 is 1.71 bits per heavy atom. The fourth-order valence-corrected chi connectivity index (χ4v) is 2.32. The monoisotopic (exact) mass is 242 g/mol. The van der Waals surface area contributed by atoms with Gasteiger partial charge in [0.05, 0.1) is 6.61 Å². The number of ketones is 1. The van der Waals surface area contributed by atoms with E-state index in [-0.39, 0.29) is 6.61 Å². The van der Waals surface area contributed by atoms with E-state index in [1.54, 1.807) is 6.92 Å². The van der Waals surface area contributed by atoms with Gasteiger partial charge in [-0.25, -0.2) is 0 Å². The Balaban J connectivity index is 2.11. The van der Waals surface area contributed by atoms with Gasteiger partial charge in [-0.15, -0.1) is 0 Å². The first-order valence-corrected chi connectivity index (χ1v) is 6.77. The van der Waals surface area contributed by atoms with Gasteiger partial charge in [0.25, 0.3) is 0 Å². The van der Waals surface area contributed by atoms with Gasteiger partial charge in [-0.05, 0) is 45.8 Å². The third-order valence-electron chi connectivity index (χ3n) is 3.35. The van der Waals surface area contributed by atoms with Gasteiger partial charge in [-0.3, -0.25) is 4.90 Å². The van der Waals surface area contributed by atoms with Gasteiger partial charge in [-0.2, -0.15) is 0 Å². The summed E-state index contributed by atoms with van der Waals surface area (Å²) < 4.78 is 0. The van der Waals surface area contributed by atoms with Crippen LogP contribution in [0.25, 0.3) is 0 Å². The summed E-state index contributed by atoms with van der Waals surface area (Å²) >= 11 is 0. The Hall–Kier alpha value is -0.450. The number of Topliss-reactive ketones (excluding diaryl/α,β-unsaturated/α-hetero) is 1. The maximum atomic E-state index is 10.8. The molecule has 17 heavy (non-hydrogen) atoms. The average Bonchev–Trinajstić information content (AvgIpc) is 2.51. The van der Waals surface area contributed by atoms with Crippen LogP contribution < -0.4 is 0 Å². The molecular weight excluding hydrogens is 216 g/mol. The minimum absolute atomic E-state index is 0.263. The van der Waals surface area contributed by atoms with Gasteiger partial charge in [-0.1, -0.05) is 0 Å². The first-order chi connectivity index (χ1) is 8.22. The summed E-state index contributed by atoms with van der Waals surface area (Å²) in [5.74, 6) is 0.301. The fourth-order valence-electron chi connectivity index (χ4n) is 2.32. The molecule has 1 heterocycles. The summed E-state index contributed by atoms with van der Waals surface area (Å²) in [6.07, 6.45) is 4.06. The second kappa shape index (κ2) is 8.61. The molecule has 0 aliphatic carbocycles. The molecule has 100 valence electrons. The van der Waals surface area contributed by atoms with E-state index in [1.165, 1.54) is 6.42 Å². The highest BCUT2D eigenvalue weighted by molar-refractivity contribution is 5.75. The molecule has 1 aliphatic rings. The number of carbonyl (C=O) groups excluding carboxylic acids is 1. The van der Waals surface area contributed by atoms with Gasteiger partial charge >= 0.3 is 0 Å². The van der Waals surface area contributed by atoms with E-state index < -0.39 is 0 Å². The first-order valence-electron chi connectivity index (χ1n) is 6.77. The maximum Gasteiger partial charge on any atom is 0.129 e. The number of nitrogens with zero attached hydrogens (tertiary/aromatic N) is 2. The molecule has 1 fully saturated rings. The zero-order valence-corrected chi connectivity index (χ0v) is 11.0. The summed E-state index contributed by atoms with van der Waals surface area (Å²) in [6, 6.07) is 0. The van der Waals surface area contributed by atoms with Crippen LogP contribution in [0, 0.1) is 0 Å². The van der Waals surface area contributed by atoms with Crippen LogP contribution >= 0.6 is 0 Å². The second-order valence-corrected chi connectivity index (χ2v) is 4.92. The number of aliphatic hydroxyl groups excluding tert-OH is 1. The Kier molecular flexibility index (Phi) is 7.40. The lowest BCUT2D eigenvalue weighted by molar-refractivity contribution is -0.117. The molecule has 0 radical (unpaired) electrons. The van der Waals surface area contributed by atoms with E-state index in [0.29, 0.717) is 5.78 Å². The molecule has 0 aromatic heterocycles. The van der Waals surface area contributed by atoms with Gasteiger partial charge in [0.15, 0.2) is 0 Å². The largest absolute Gasteiger partial charge is 0.395 e. The summed E-state index contributed by atoms with van der Waals surface area (Å²) in [5.41, 5.74) is 0. The topological polar surface area (TPSA) is 43.8 Å². The van der Waals surface area contributed by atoms with Gasteiger partial charge in [0.2, 0.25) is 0 Å². The number of β-amino-alcohol motifs (C(OH)–C–C–N with tert-alkyl or cyclic N) is 1. The molecule has 0 amide bonds. The van der Waals surface area contributed by atoms with Crippen molar-refractivity contribution in [1.82, 2.24) is 9.80 Å². The van der Waals surface area contributed by atoms with Crippen molar-refractivity contribution in [2.45, 2.75) is 32.6 Å². The van der Waals surface area contributed by atoms with Crippen molar-refractivity contribution in [2.75, 3.05) is 45.9 Å². The molecule has 0 spiro atoms. The Morgan fingerprint density at radius 1 is 1.06 bits per heavy atom. The molecule has 0 bridgehead atoms. The zero-order valence-electron chi connectivity index (χ0n) is 11.0. The van der Waals surface area contributed by atoms with E-state index in [9.17, 15) is 4.79 Å². The Labute approximate surface area is 105 Å². The zero-order chi connectivity index (χ0) is 12.5. The third-order valence-corrected chi connectivity index (χ3v) is 3.35. The summed E-state index contributed by atoms with van der Waals surface area (Å²) in [5, 5.41) is 8.91. The molecule has 0 aromatic carbocycles. The van der Waals surface area contributed by atoms with Gasteiger partial charge in [0, 0.05) is 26.1 Å². The molecule has 0 unspecified atom stereocenters. The first kappa shape index (κ1) is 14.6. The van der Waals surface area contributed by atoms with Crippen LogP contribution in [0.2, 0.25) is 0 Å². The second-order valence-electron chi connectivity index (χ2n) is 4.92. The number of carbonyl (C=O) groups is 1. The normalized spacial score (nSPS) is 19.2. The summed E-state index contributed by atoms with van der Waals surface area (Å²) in [6.45, 7) is 8.26. The number of unbranched alkanes of at least 4 members (excludes halogenated alkanes) is 1.